The minimum absolute atomic E-state index is 0.180. The third kappa shape index (κ3) is 2.20. The van der Waals surface area contributed by atoms with Gasteiger partial charge in [0.05, 0.1) is 11.6 Å². The van der Waals surface area contributed by atoms with Gasteiger partial charge in [-0.2, -0.15) is 0 Å². The maximum Gasteiger partial charge on any atom is 0.0705 e. The first kappa shape index (κ1) is 11.8. The van der Waals surface area contributed by atoms with Crippen molar-refractivity contribution in [1.82, 2.24) is 9.97 Å². The van der Waals surface area contributed by atoms with Gasteiger partial charge in [0.15, 0.2) is 0 Å². The lowest BCUT2D eigenvalue weighted by Gasteiger charge is -2.15. The summed E-state index contributed by atoms with van der Waals surface area (Å²) in [5.74, 6) is 0. The van der Waals surface area contributed by atoms with E-state index < -0.39 is 0 Å². The van der Waals surface area contributed by atoms with E-state index in [1.807, 2.05) is 37.5 Å². The van der Waals surface area contributed by atoms with E-state index in [0.717, 1.165) is 27.6 Å². The van der Waals surface area contributed by atoms with Crippen molar-refractivity contribution in [2.24, 2.45) is 5.73 Å². The molecule has 0 spiro atoms. The third-order valence-corrected chi connectivity index (χ3v) is 3.27. The van der Waals surface area contributed by atoms with Crippen LogP contribution in [0, 0.1) is 6.92 Å². The van der Waals surface area contributed by atoms with Crippen LogP contribution in [0.4, 0.5) is 0 Å². The van der Waals surface area contributed by atoms with E-state index in [1.165, 1.54) is 0 Å². The first-order valence-electron chi connectivity index (χ1n) is 6.26. The zero-order valence-corrected chi connectivity index (χ0v) is 10.7. The average molecular weight is 249 g/mol. The fourth-order valence-corrected chi connectivity index (χ4v) is 2.33. The second kappa shape index (κ2) is 4.78. The fourth-order valence-electron chi connectivity index (χ4n) is 2.33. The second-order valence-corrected chi connectivity index (χ2v) is 4.69. The zero-order valence-electron chi connectivity index (χ0n) is 10.7. The lowest BCUT2D eigenvalue weighted by atomic mass is 9.96. The number of aromatic nitrogens is 2. The molecular weight excluding hydrogens is 234 g/mol. The van der Waals surface area contributed by atoms with Gasteiger partial charge in [-0.1, -0.05) is 24.3 Å². The Labute approximate surface area is 112 Å². The number of rotatable bonds is 2. The molecule has 1 unspecified atom stereocenters. The predicted octanol–water partition coefficient (Wildman–Crippen LogP) is 2.99. The molecule has 2 aromatic heterocycles. The van der Waals surface area contributed by atoms with Crippen LogP contribution in [0.1, 0.15) is 22.7 Å². The van der Waals surface area contributed by atoms with Crippen molar-refractivity contribution < 1.29 is 0 Å². The van der Waals surface area contributed by atoms with E-state index >= 15 is 0 Å². The highest BCUT2D eigenvalue weighted by Gasteiger charge is 2.12. The van der Waals surface area contributed by atoms with E-state index in [-0.39, 0.29) is 6.04 Å². The van der Waals surface area contributed by atoms with Crippen LogP contribution in [0.3, 0.4) is 0 Å². The van der Waals surface area contributed by atoms with E-state index in [2.05, 4.69) is 28.2 Å². The lowest BCUT2D eigenvalue weighted by molar-refractivity contribution is 0.869. The minimum Gasteiger partial charge on any atom is -0.320 e. The van der Waals surface area contributed by atoms with Gasteiger partial charge in [-0.3, -0.25) is 9.97 Å². The molecule has 1 atom stereocenters. The molecule has 3 nitrogen and oxygen atoms in total. The summed E-state index contributed by atoms with van der Waals surface area (Å²) in [6.45, 7) is 2.02. The number of hydrogen-bond donors (Lipinski definition) is 1. The molecule has 19 heavy (non-hydrogen) atoms. The van der Waals surface area contributed by atoms with Crippen LogP contribution in [0.2, 0.25) is 0 Å². The Hall–Kier alpha value is -2.26. The van der Waals surface area contributed by atoms with Crippen molar-refractivity contribution >= 4 is 10.9 Å². The molecule has 0 amide bonds. The normalized spacial score (nSPS) is 12.5. The monoisotopic (exact) mass is 249 g/mol. The van der Waals surface area contributed by atoms with Gasteiger partial charge in [-0.15, -0.1) is 0 Å². The standard InChI is InChI=1S/C16H15N3/c1-11-8-12(10-18-9-11)16(17)14-4-2-6-15-13(14)5-3-7-19-15/h2-10,16H,17H2,1H3. The summed E-state index contributed by atoms with van der Waals surface area (Å²) in [6, 6.07) is 11.9. The van der Waals surface area contributed by atoms with Crippen LogP contribution in [0.25, 0.3) is 10.9 Å². The van der Waals surface area contributed by atoms with Gasteiger partial charge in [0.25, 0.3) is 0 Å². The van der Waals surface area contributed by atoms with Crippen molar-refractivity contribution in [3.63, 3.8) is 0 Å². The zero-order chi connectivity index (χ0) is 13.2. The molecule has 3 aromatic rings. The van der Waals surface area contributed by atoms with Crippen LogP contribution in [-0.2, 0) is 0 Å². The number of aryl methyl sites for hydroxylation is 1. The lowest BCUT2D eigenvalue weighted by Crippen LogP contribution is -2.12. The summed E-state index contributed by atoms with van der Waals surface area (Å²) in [6.07, 6.45) is 5.46. The number of pyridine rings is 2. The molecule has 2 heterocycles. The van der Waals surface area contributed by atoms with E-state index in [1.54, 1.807) is 6.20 Å². The smallest absolute Gasteiger partial charge is 0.0705 e. The van der Waals surface area contributed by atoms with Crippen molar-refractivity contribution in [2.45, 2.75) is 13.0 Å². The molecule has 0 aliphatic carbocycles. The Morgan fingerprint density at radius 3 is 2.84 bits per heavy atom. The fraction of sp³-hybridized carbons (Fsp3) is 0.125. The Bertz CT molecular complexity index is 717. The van der Waals surface area contributed by atoms with Gasteiger partial charge in [-0.25, -0.2) is 0 Å². The Kier molecular flexibility index (Phi) is 2.97. The molecular formula is C16H15N3. The molecule has 0 saturated heterocycles. The summed E-state index contributed by atoms with van der Waals surface area (Å²) in [7, 11) is 0. The second-order valence-electron chi connectivity index (χ2n) is 4.69. The number of nitrogens with two attached hydrogens (primary N) is 1. The quantitative estimate of drug-likeness (QED) is 0.759. The van der Waals surface area contributed by atoms with Crippen molar-refractivity contribution in [3.8, 4) is 0 Å². The highest BCUT2D eigenvalue weighted by Crippen LogP contribution is 2.26. The van der Waals surface area contributed by atoms with Gasteiger partial charge in [-0.05, 0) is 35.7 Å². The molecule has 1 aromatic carbocycles. The van der Waals surface area contributed by atoms with Gasteiger partial charge >= 0.3 is 0 Å². The molecule has 2 N–H and O–H groups in total. The van der Waals surface area contributed by atoms with Crippen molar-refractivity contribution in [2.75, 3.05) is 0 Å². The van der Waals surface area contributed by atoms with Crippen LogP contribution < -0.4 is 5.73 Å². The molecule has 0 bridgehead atoms. The molecule has 0 aliphatic heterocycles. The molecule has 3 rings (SSSR count). The summed E-state index contributed by atoms with van der Waals surface area (Å²) in [4.78, 5) is 8.58. The first-order chi connectivity index (χ1) is 9.25. The van der Waals surface area contributed by atoms with Crippen LogP contribution in [0.15, 0.2) is 55.0 Å². The van der Waals surface area contributed by atoms with Gasteiger partial charge in [0.1, 0.15) is 0 Å². The number of nitrogens with zero attached hydrogens (tertiary/aromatic N) is 2. The maximum atomic E-state index is 6.38. The maximum absolute atomic E-state index is 6.38. The van der Waals surface area contributed by atoms with Crippen molar-refractivity contribution in [3.05, 3.63) is 71.7 Å². The number of benzene rings is 1. The molecule has 0 radical (unpaired) electrons. The summed E-state index contributed by atoms with van der Waals surface area (Å²) in [5, 5.41) is 1.10. The van der Waals surface area contributed by atoms with Crippen LogP contribution in [0.5, 0.6) is 0 Å². The highest BCUT2D eigenvalue weighted by molar-refractivity contribution is 5.82. The topological polar surface area (TPSA) is 51.8 Å². The average Bonchev–Trinajstić information content (AvgIpc) is 2.46. The van der Waals surface area contributed by atoms with E-state index in [9.17, 15) is 0 Å². The summed E-state index contributed by atoms with van der Waals surface area (Å²) < 4.78 is 0. The predicted molar refractivity (Wildman–Crippen MR) is 76.7 cm³/mol. The van der Waals surface area contributed by atoms with E-state index in [4.69, 9.17) is 5.73 Å². The molecule has 0 saturated carbocycles. The third-order valence-electron chi connectivity index (χ3n) is 3.27. The van der Waals surface area contributed by atoms with Crippen molar-refractivity contribution in [1.29, 1.82) is 0 Å². The Balaban J connectivity index is 2.14. The summed E-state index contributed by atoms with van der Waals surface area (Å²) in [5.41, 5.74) is 10.6. The van der Waals surface area contributed by atoms with Crippen LogP contribution in [-0.4, -0.2) is 9.97 Å². The molecule has 0 fully saturated rings. The SMILES string of the molecule is Cc1cncc(C(N)c2cccc3ncccc23)c1. The largest absolute Gasteiger partial charge is 0.320 e. The molecule has 3 heteroatoms. The first-order valence-corrected chi connectivity index (χ1v) is 6.26. The Morgan fingerprint density at radius 2 is 2.00 bits per heavy atom. The molecule has 0 aliphatic rings. The number of hydrogen-bond acceptors (Lipinski definition) is 3. The van der Waals surface area contributed by atoms with Gasteiger partial charge in [0.2, 0.25) is 0 Å². The van der Waals surface area contributed by atoms with Gasteiger partial charge in [0, 0.05) is 24.0 Å². The van der Waals surface area contributed by atoms with Gasteiger partial charge < -0.3 is 5.73 Å². The summed E-state index contributed by atoms with van der Waals surface area (Å²) >= 11 is 0. The molecule has 94 valence electrons. The Morgan fingerprint density at radius 1 is 1.11 bits per heavy atom. The number of fused-ring (bicyclic) bond motifs is 1. The minimum atomic E-state index is -0.180. The highest BCUT2D eigenvalue weighted by atomic mass is 14.7. The van der Waals surface area contributed by atoms with E-state index in [0.29, 0.717) is 0 Å². The van der Waals surface area contributed by atoms with Crippen LogP contribution >= 0.6 is 0 Å².